The van der Waals surface area contributed by atoms with Crippen LogP contribution in [0.4, 0.5) is 5.69 Å². The van der Waals surface area contributed by atoms with Crippen LogP contribution in [0.2, 0.25) is 0 Å². The van der Waals surface area contributed by atoms with Crippen LogP contribution in [-0.4, -0.2) is 12.1 Å². The van der Waals surface area contributed by atoms with Gasteiger partial charge in [0.15, 0.2) is 0 Å². The third kappa shape index (κ3) is 1.18. The number of fused-ring (bicyclic) bond motifs is 8. The SMILES string of the molecule is C1=C[C@@H]2[C@H](C1)[C@H]1C[C@@H]2[C@@H]2N=NN(c3ccccc3)[C@H]12. The Balaban J connectivity index is 1.53. The van der Waals surface area contributed by atoms with Gasteiger partial charge in [-0.05, 0) is 48.6 Å². The van der Waals surface area contributed by atoms with E-state index in [-0.39, 0.29) is 0 Å². The Morgan fingerprint density at radius 1 is 1.05 bits per heavy atom. The van der Waals surface area contributed by atoms with E-state index in [2.05, 4.69) is 57.8 Å². The number of anilines is 1. The van der Waals surface area contributed by atoms with Gasteiger partial charge >= 0.3 is 0 Å². The van der Waals surface area contributed by atoms with Crippen molar-refractivity contribution in [3.8, 4) is 0 Å². The zero-order valence-corrected chi connectivity index (χ0v) is 10.8. The van der Waals surface area contributed by atoms with E-state index in [1.165, 1.54) is 18.5 Å². The predicted molar refractivity (Wildman–Crippen MR) is 73.7 cm³/mol. The Labute approximate surface area is 113 Å². The second-order valence-electron chi connectivity index (χ2n) is 6.33. The topological polar surface area (TPSA) is 28.0 Å². The van der Waals surface area contributed by atoms with Gasteiger partial charge < -0.3 is 0 Å². The van der Waals surface area contributed by atoms with E-state index in [9.17, 15) is 0 Å². The van der Waals surface area contributed by atoms with Gasteiger partial charge in [0.25, 0.3) is 0 Å². The molecule has 2 fully saturated rings. The quantitative estimate of drug-likeness (QED) is 0.702. The molecule has 1 aliphatic heterocycles. The average molecular weight is 251 g/mol. The van der Waals surface area contributed by atoms with Crippen molar-refractivity contribution in [2.75, 3.05) is 5.01 Å². The fraction of sp³-hybridized carbons (Fsp3) is 0.500. The van der Waals surface area contributed by atoms with Gasteiger partial charge in [0, 0.05) is 0 Å². The fourth-order valence-electron chi connectivity index (χ4n) is 4.99. The Morgan fingerprint density at radius 2 is 1.95 bits per heavy atom. The maximum Gasteiger partial charge on any atom is 0.0990 e. The highest BCUT2D eigenvalue weighted by Gasteiger charge is 2.61. The minimum atomic E-state index is 0.439. The second-order valence-corrected chi connectivity index (χ2v) is 6.33. The van der Waals surface area contributed by atoms with Crippen molar-refractivity contribution in [3.63, 3.8) is 0 Å². The molecule has 2 bridgehead atoms. The molecule has 0 aromatic heterocycles. The van der Waals surface area contributed by atoms with E-state index in [1.807, 2.05) is 0 Å². The van der Waals surface area contributed by atoms with Crippen LogP contribution in [0.3, 0.4) is 0 Å². The monoisotopic (exact) mass is 251 g/mol. The van der Waals surface area contributed by atoms with Crippen molar-refractivity contribution < 1.29 is 0 Å². The van der Waals surface area contributed by atoms with E-state index in [1.54, 1.807) is 0 Å². The lowest BCUT2D eigenvalue weighted by Crippen LogP contribution is -2.44. The van der Waals surface area contributed by atoms with Gasteiger partial charge in [0.05, 0.1) is 17.8 Å². The molecule has 2 saturated carbocycles. The van der Waals surface area contributed by atoms with Gasteiger partial charge in [-0.25, -0.2) is 5.01 Å². The average Bonchev–Trinajstić information content (AvgIpc) is 3.17. The van der Waals surface area contributed by atoms with Crippen LogP contribution in [0.15, 0.2) is 52.8 Å². The molecule has 6 atom stereocenters. The van der Waals surface area contributed by atoms with E-state index in [4.69, 9.17) is 0 Å². The smallest absolute Gasteiger partial charge is 0.0990 e. The van der Waals surface area contributed by atoms with Gasteiger partial charge in [-0.15, -0.1) is 0 Å². The maximum absolute atomic E-state index is 4.62. The molecule has 0 radical (unpaired) electrons. The van der Waals surface area contributed by atoms with Crippen LogP contribution >= 0.6 is 0 Å². The van der Waals surface area contributed by atoms with Gasteiger partial charge in [-0.1, -0.05) is 35.6 Å². The number of hydrogen-bond donors (Lipinski definition) is 0. The molecule has 3 nitrogen and oxygen atoms in total. The second kappa shape index (κ2) is 3.47. The van der Waals surface area contributed by atoms with Gasteiger partial charge in [0.1, 0.15) is 0 Å². The first-order valence-corrected chi connectivity index (χ1v) is 7.35. The molecular formula is C16H17N3. The summed E-state index contributed by atoms with van der Waals surface area (Å²) in [5.74, 6) is 3.18. The molecule has 3 aliphatic carbocycles. The number of hydrogen-bond acceptors (Lipinski definition) is 3. The van der Waals surface area contributed by atoms with Crippen LogP contribution in [0.25, 0.3) is 0 Å². The first-order chi connectivity index (χ1) is 9.43. The lowest BCUT2D eigenvalue weighted by molar-refractivity contribution is 0.238. The summed E-state index contributed by atoms with van der Waals surface area (Å²) in [4.78, 5) is 0. The first kappa shape index (κ1) is 10.2. The summed E-state index contributed by atoms with van der Waals surface area (Å²) in [7, 11) is 0. The number of benzene rings is 1. The molecule has 19 heavy (non-hydrogen) atoms. The molecule has 5 rings (SSSR count). The molecule has 1 heterocycles. The van der Waals surface area contributed by atoms with Crippen LogP contribution in [0, 0.1) is 23.7 Å². The normalized spacial score (nSPS) is 44.9. The van der Waals surface area contributed by atoms with Crippen molar-refractivity contribution in [1.29, 1.82) is 0 Å². The number of para-hydroxylation sites is 1. The molecular weight excluding hydrogens is 234 g/mol. The predicted octanol–water partition coefficient (Wildman–Crippen LogP) is 3.45. The largest absolute Gasteiger partial charge is 0.242 e. The van der Waals surface area contributed by atoms with Crippen LogP contribution in [-0.2, 0) is 0 Å². The molecule has 0 saturated heterocycles. The lowest BCUT2D eigenvalue weighted by atomic mass is 9.76. The summed E-state index contributed by atoms with van der Waals surface area (Å²) in [5.41, 5.74) is 1.20. The van der Waals surface area contributed by atoms with Crippen LogP contribution in [0.5, 0.6) is 0 Å². The van der Waals surface area contributed by atoms with Crippen molar-refractivity contribution in [3.05, 3.63) is 42.5 Å². The van der Waals surface area contributed by atoms with E-state index >= 15 is 0 Å². The molecule has 96 valence electrons. The summed E-state index contributed by atoms with van der Waals surface area (Å²) in [5, 5.41) is 11.3. The summed E-state index contributed by atoms with van der Waals surface area (Å²) in [6, 6.07) is 11.5. The van der Waals surface area contributed by atoms with Crippen LogP contribution in [0.1, 0.15) is 12.8 Å². The van der Waals surface area contributed by atoms with Crippen LogP contribution < -0.4 is 5.01 Å². The Hall–Kier alpha value is -1.64. The van der Waals surface area contributed by atoms with Crippen molar-refractivity contribution >= 4 is 5.69 Å². The number of allylic oxidation sites excluding steroid dienone is 2. The molecule has 0 N–H and O–H groups in total. The third-order valence-electron chi connectivity index (χ3n) is 5.66. The number of rotatable bonds is 1. The summed E-state index contributed by atoms with van der Waals surface area (Å²) < 4.78 is 0. The molecule has 4 aliphatic rings. The maximum atomic E-state index is 4.62. The summed E-state index contributed by atoms with van der Waals surface area (Å²) >= 11 is 0. The molecule has 1 aromatic carbocycles. The summed E-state index contributed by atoms with van der Waals surface area (Å²) in [6.07, 6.45) is 7.47. The molecule has 0 unspecified atom stereocenters. The highest BCUT2D eigenvalue weighted by atomic mass is 15.6. The highest BCUT2D eigenvalue weighted by molar-refractivity contribution is 5.48. The van der Waals surface area contributed by atoms with Gasteiger partial charge in [0.2, 0.25) is 0 Å². The Kier molecular flexibility index (Phi) is 1.86. The number of nitrogens with zero attached hydrogens (tertiary/aromatic N) is 3. The molecule has 0 amide bonds. The van der Waals surface area contributed by atoms with Gasteiger partial charge in [-0.3, -0.25) is 0 Å². The van der Waals surface area contributed by atoms with Crippen molar-refractivity contribution in [1.82, 2.24) is 0 Å². The molecule has 1 aromatic rings. The Bertz CT molecular complexity index is 565. The van der Waals surface area contributed by atoms with Crippen molar-refractivity contribution in [2.24, 2.45) is 34.0 Å². The minimum Gasteiger partial charge on any atom is -0.242 e. The molecule has 3 heteroatoms. The van der Waals surface area contributed by atoms with Gasteiger partial charge in [-0.2, -0.15) is 5.11 Å². The standard InChI is InChI=1S/C16H17N3/c1-2-5-10(6-3-1)19-16-14-9-13(15(16)17-18-19)11-7-4-8-12(11)14/h1-7,11-16H,8-9H2/t11-,12+,13+,14-,15+,16-/m1/s1. The zero-order chi connectivity index (χ0) is 12.4. The minimum absolute atomic E-state index is 0.439. The Morgan fingerprint density at radius 3 is 2.84 bits per heavy atom. The van der Waals surface area contributed by atoms with E-state index in [0.29, 0.717) is 12.1 Å². The summed E-state index contributed by atoms with van der Waals surface area (Å²) in [6.45, 7) is 0. The highest BCUT2D eigenvalue weighted by Crippen LogP contribution is 2.60. The lowest BCUT2D eigenvalue weighted by Gasteiger charge is -2.35. The fourth-order valence-corrected chi connectivity index (χ4v) is 4.99. The zero-order valence-electron chi connectivity index (χ0n) is 10.8. The molecule has 0 spiro atoms. The van der Waals surface area contributed by atoms with E-state index < -0.39 is 0 Å². The van der Waals surface area contributed by atoms with E-state index in [0.717, 1.165) is 23.7 Å². The third-order valence-corrected chi connectivity index (χ3v) is 5.66. The first-order valence-electron chi connectivity index (χ1n) is 7.35. The van der Waals surface area contributed by atoms with Crippen molar-refractivity contribution in [2.45, 2.75) is 24.9 Å².